The number of aromatic nitrogens is 4. The van der Waals surface area contributed by atoms with E-state index in [1.807, 2.05) is 47.8 Å². The molecule has 3 heterocycles. The Morgan fingerprint density at radius 2 is 2.04 bits per heavy atom. The molecule has 0 bridgehead atoms. The van der Waals surface area contributed by atoms with E-state index in [9.17, 15) is 4.79 Å². The third kappa shape index (κ3) is 4.44. The minimum atomic E-state index is -0.160. The third-order valence-corrected chi connectivity index (χ3v) is 5.30. The molecule has 0 saturated heterocycles. The molecule has 0 fully saturated rings. The Labute approximate surface area is 163 Å². The number of carbonyl (C=O) groups is 1. The van der Waals surface area contributed by atoms with Gasteiger partial charge in [0.15, 0.2) is 0 Å². The standard InChI is InChI=1S/C18H15N5O2S2/c24-16(20-15-8-9-19-23(15)11-14-7-4-10-26-14)12-27-18-22-21-17(25-18)13-5-2-1-3-6-13/h1-10H,11-12H2,(H,20,24). The number of thiophene rings is 1. The van der Waals surface area contributed by atoms with Gasteiger partial charge >= 0.3 is 0 Å². The molecule has 9 heteroatoms. The number of anilines is 1. The predicted molar refractivity (Wildman–Crippen MR) is 105 cm³/mol. The van der Waals surface area contributed by atoms with Gasteiger partial charge in [0.1, 0.15) is 5.82 Å². The number of nitrogens with zero attached hydrogens (tertiary/aromatic N) is 4. The van der Waals surface area contributed by atoms with Crippen LogP contribution in [0.15, 0.2) is 69.7 Å². The SMILES string of the molecule is O=C(CSc1nnc(-c2ccccc2)o1)Nc1ccnn1Cc1cccs1. The van der Waals surface area contributed by atoms with Crippen molar-refractivity contribution in [1.82, 2.24) is 20.0 Å². The molecule has 0 aliphatic carbocycles. The first-order chi connectivity index (χ1) is 13.3. The van der Waals surface area contributed by atoms with Crippen molar-refractivity contribution in [2.24, 2.45) is 0 Å². The molecule has 4 aromatic rings. The number of rotatable bonds is 7. The van der Waals surface area contributed by atoms with Gasteiger partial charge in [-0.05, 0) is 23.6 Å². The van der Waals surface area contributed by atoms with E-state index >= 15 is 0 Å². The van der Waals surface area contributed by atoms with Gasteiger partial charge in [-0.15, -0.1) is 21.5 Å². The van der Waals surface area contributed by atoms with Gasteiger partial charge in [0.25, 0.3) is 5.22 Å². The lowest BCUT2D eigenvalue weighted by Crippen LogP contribution is -2.17. The summed E-state index contributed by atoms with van der Waals surface area (Å²) >= 11 is 2.85. The Bertz CT molecular complexity index is 1010. The summed E-state index contributed by atoms with van der Waals surface area (Å²) in [6.45, 7) is 0.623. The number of hydrogen-bond acceptors (Lipinski definition) is 7. The van der Waals surface area contributed by atoms with Crippen molar-refractivity contribution < 1.29 is 9.21 Å². The van der Waals surface area contributed by atoms with E-state index in [0.717, 1.165) is 5.56 Å². The molecule has 1 amide bonds. The van der Waals surface area contributed by atoms with Crippen LogP contribution in [0.5, 0.6) is 0 Å². The first kappa shape index (κ1) is 17.5. The van der Waals surface area contributed by atoms with Gasteiger partial charge in [-0.2, -0.15) is 5.10 Å². The molecule has 4 rings (SSSR count). The normalized spacial score (nSPS) is 10.8. The predicted octanol–water partition coefficient (Wildman–Crippen LogP) is 3.77. The molecular weight excluding hydrogens is 382 g/mol. The second-order valence-electron chi connectivity index (χ2n) is 5.53. The Morgan fingerprint density at radius 1 is 1.15 bits per heavy atom. The van der Waals surface area contributed by atoms with E-state index in [-0.39, 0.29) is 11.7 Å². The molecule has 0 saturated carbocycles. The molecule has 3 aromatic heterocycles. The van der Waals surface area contributed by atoms with Crippen molar-refractivity contribution >= 4 is 34.8 Å². The summed E-state index contributed by atoms with van der Waals surface area (Å²) in [4.78, 5) is 13.4. The van der Waals surface area contributed by atoms with Crippen LogP contribution in [0.25, 0.3) is 11.5 Å². The summed E-state index contributed by atoms with van der Waals surface area (Å²) in [6, 6.07) is 15.3. The van der Waals surface area contributed by atoms with Gasteiger partial charge in [0, 0.05) is 16.5 Å². The van der Waals surface area contributed by atoms with Crippen LogP contribution in [0.1, 0.15) is 4.88 Å². The molecule has 0 unspecified atom stereocenters. The number of amides is 1. The van der Waals surface area contributed by atoms with Crippen LogP contribution in [0.2, 0.25) is 0 Å². The van der Waals surface area contributed by atoms with Gasteiger partial charge in [0.05, 0.1) is 18.5 Å². The lowest BCUT2D eigenvalue weighted by Gasteiger charge is -2.07. The van der Waals surface area contributed by atoms with Crippen molar-refractivity contribution in [3.63, 3.8) is 0 Å². The van der Waals surface area contributed by atoms with Crippen LogP contribution in [0.3, 0.4) is 0 Å². The maximum atomic E-state index is 12.3. The molecule has 0 aliphatic heterocycles. The molecule has 0 radical (unpaired) electrons. The highest BCUT2D eigenvalue weighted by Crippen LogP contribution is 2.23. The summed E-state index contributed by atoms with van der Waals surface area (Å²) in [6.07, 6.45) is 1.67. The molecular formula is C18H15N5O2S2. The van der Waals surface area contributed by atoms with E-state index in [2.05, 4.69) is 20.6 Å². The number of benzene rings is 1. The third-order valence-electron chi connectivity index (χ3n) is 3.62. The summed E-state index contributed by atoms with van der Waals surface area (Å²) < 4.78 is 7.35. The average Bonchev–Trinajstić information content (AvgIpc) is 3.44. The quantitative estimate of drug-likeness (QED) is 0.478. The highest BCUT2D eigenvalue weighted by atomic mass is 32.2. The van der Waals surface area contributed by atoms with Gasteiger partial charge in [0.2, 0.25) is 11.8 Å². The highest BCUT2D eigenvalue weighted by Gasteiger charge is 2.13. The largest absolute Gasteiger partial charge is 0.411 e. The monoisotopic (exact) mass is 397 g/mol. The van der Waals surface area contributed by atoms with Crippen molar-refractivity contribution in [1.29, 1.82) is 0 Å². The van der Waals surface area contributed by atoms with Gasteiger partial charge in [-0.3, -0.25) is 4.79 Å². The molecule has 136 valence electrons. The van der Waals surface area contributed by atoms with Crippen LogP contribution >= 0.6 is 23.1 Å². The average molecular weight is 397 g/mol. The number of hydrogen-bond donors (Lipinski definition) is 1. The van der Waals surface area contributed by atoms with E-state index in [4.69, 9.17) is 4.42 Å². The fourth-order valence-corrected chi connectivity index (χ4v) is 3.64. The molecule has 1 N–H and O–H groups in total. The molecule has 7 nitrogen and oxygen atoms in total. The van der Waals surface area contributed by atoms with Crippen molar-refractivity contribution in [2.75, 3.05) is 11.1 Å². The van der Waals surface area contributed by atoms with E-state index < -0.39 is 0 Å². The zero-order valence-electron chi connectivity index (χ0n) is 14.1. The second-order valence-corrected chi connectivity index (χ2v) is 7.49. The lowest BCUT2D eigenvalue weighted by molar-refractivity contribution is -0.113. The van der Waals surface area contributed by atoms with Crippen molar-refractivity contribution in [2.45, 2.75) is 11.8 Å². The molecule has 1 aromatic carbocycles. The van der Waals surface area contributed by atoms with Crippen LogP contribution in [-0.2, 0) is 11.3 Å². The van der Waals surface area contributed by atoms with Gasteiger partial charge < -0.3 is 9.73 Å². The zero-order valence-corrected chi connectivity index (χ0v) is 15.7. The first-order valence-corrected chi connectivity index (χ1v) is 10.0. The maximum Gasteiger partial charge on any atom is 0.277 e. The molecule has 27 heavy (non-hydrogen) atoms. The number of carbonyl (C=O) groups excluding carboxylic acids is 1. The van der Waals surface area contributed by atoms with E-state index in [1.165, 1.54) is 16.6 Å². The minimum absolute atomic E-state index is 0.160. The molecule has 0 atom stereocenters. The number of thioether (sulfide) groups is 1. The summed E-state index contributed by atoms with van der Waals surface area (Å²) in [5, 5.41) is 17.5. The van der Waals surface area contributed by atoms with Crippen molar-refractivity contribution in [3.8, 4) is 11.5 Å². The Balaban J connectivity index is 1.33. The fourth-order valence-electron chi connectivity index (χ4n) is 2.39. The van der Waals surface area contributed by atoms with Crippen LogP contribution < -0.4 is 5.32 Å². The Kier molecular flexibility index (Phi) is 5.31. The highest BCUT2D eigenvalue weighted by molar-refractivity contribution is 7.99. The maximum absolute atomic E-state index is 12.3. The van der Waals surface area contributed by atoms with Crippen LogP contribution in [0.4, 0.5) is 5.82 Å². The minimum Gasteiger partial charge on any atom is -0.411 e. The van der Waals surface area contributed by atoms with Gasteiger partial charge in [-0.25, -0.2) is 4.68 Å². The van der Waals surface area contributed by atoms with E-state index in [1.54, 1.807) is 28.3 Å². The Morgan fingerprint density at radius 3 is 2.85 bits per heavy atom. The smallest absolute Gasteiger partial charge is 0.277 e. The first-order valence-electron chi connectivity index (χ1n) is 8.14. The van der Waals surface area contributed by atoms with Gasteiger partial charge in [-0.1, -0.05) is 36.0 Å². The molecule has 0 spiro atoms. The summed E-state index contributed by atoms with van der Waals surface area (Å²) in [5.74, 6) is 1.10. The van der Waals surface area contributed by atoms with Crippen LogP contribution in [0, 0.1) is 0 Å². The lowest BCUT2D eigenvalue weighted by atomic mass is 10.2. The van der Waals surface area contributed by atoms with Crippen molar-refractivity contribution in [3.05, 3.63) is 65.0 Å². The van der Waals surface area contributed by atoms with E-state index in [0.29, 0.717) is 23.5 Å². The zero-order chi connectivity index (χ0) is 18.5. The summed E-state index contributed by atoms with van der Waals surface area (Å²) in [5.41, 5.74) is 0.846. The summed E-state index contributed by atoms with van der Waals surface area (Å²) in [7, 11) is 0. The topological polar surface area (TPSA) is 85.8 Å². The fraction of sp³-hybridized carbons (Fsp3) is 0.111. The van der Waals surface area contributed by atoms with Crippen LogP contribution in [-0.4, -0.2) is 31.6 Å². The molecule has 0 aliphatic rings. The second kappa shape index (κ2) is 8.19. The Hall–Kier alpha value is -2.91. The number of nitrogens with one attached hydrogen (secondary N) is 1.